The van der Waals surface area contributed by atoms with Crippen LogP contribution in [0.15, 0.2) is 52.5 Å². The summed E-state index contributed by atoms with van der Waals surface area (Å²) in [5, 5.41) is 16.1. The van der Waals surface area contributed by atoms with Crippen LogP contribution in [0.25, 0.3) is 28.4 Å². The number of aromatic amines is 2. The van der Waals surface area contributed by atoms with Crippen molar-refractivity contribution in [1.82, 2.24) is 29.1 Å². The molecule has 1 aliphatic rings. The van der Waals surface area contributed by atoms with E-state index in [4.69, 9.17) is 14.7 Å². The van der Waals surface area contributed by atoms with Gasteiger partial charge in [-0.25, -0.2) is 9.78 Å². The van der Waals surface area contributed by atoms with E-state index in [-0.39, 0.29) is 17.6 Å². The lowest BCUT2D eigenvalue weighted by Crippen LogP contribution is -2.20. The molecule has 4 heterocycles. The molecule has 0 saturated heterocycles. The van der Waals surface area contributed by atoms with Crippen LogP contribution in [-0.4, -0.2) is 47.4 Å². The van der Waals surface area contributed by atoms with E-state index in [1.165, 1.54) is 0 Å². The summed E-state index contributed by atoms with van der Waals surface area (Å²) in [6.45, 7) is 0. The highest BCUT2D eigenvalue weighted by atomic mass is 16.5. The average Bonchev–Trinajstić information content (AvgIpc) is 3.21. The molecular weight excluding hydrogens is 410 g/mol. The predicted molar refractivity (Wildman–Crippen MR) is 117 cm³/mol. The molecule has 32 heavy (non-hydrogen) atoms. The van der Waals surface area contributed by atoms with E-state index in [9.17, 15) is 9.90 Å². The molecule has 1 aromatic carbocycles. The molecular formula is C22H19N7O3. The van der Waals surface area contributed by atoms with Crippen molar-refractivity contribution in [3.05, 3.63) is 69.6 Å². The molecule has 5 aromatic rings. The molecule has 3 N–H and O–H groups in total. The van der Waals surface area contributed by atoms with Gasteiger partial charge in [-0.15, -0.1) is 0 Å². The molecule has 1 aliphatic carbocycles. The van der Waals surface area contributed by atoms with Crippen molar-refractivity contribution in [3.63, 3.8) is 0 Å². The van der Waals surface area contributed by atoms with Crippen LogP contribution in [-0.2, 0) is 0 Å². The highest BCUT2D eigenvalue weighted by Gasteiger charge is 2.20. The summed E-state index contributed by atoms with van der Waals surface area (Å²) < 4.78 is 9.06. The number of methoxy groups -OCH3 is 1. The second-order valence-electron chi connectivity index (χ2n) is 7.76. The molecule has 0 aliphatic heterocycles. The third kappa shape index (κ3) is 3.04. The fourth-order valence-electron chi connectivity index (χ4n) is 3.74. The maximum atomic E-state index is 11.5. The average molecular weight is 429 g/mol. The van der Waals surface area contributed by atoms with Gasteiger partial charge >= 0.3 is 5.69 Å². The van der Waals surface area contributed by atoms with E-state index in [2.05, 4.69) is 15.1 Å². The maximum Gasteiger partial charge on any atom is 0.326 e. The van der Waals surface area contributed by atoms with Gasteiger partial charge in [0.25, 0.3) is 0 Å². The zero-order chi connectivity index (χ0) is 21.8. The Morgan fingerprint density at radius 3 is 2.88 bits per heavy atom. The van der Waals surface area contributed by atoms with Crippen LogP contribution in [0.4, 0.5) is 0 Å². The molecule has 0 radical (unpaired) electrons. The predicted octanol–water partition coefficient (Wildman–Crippen LogP) is 1.01. The number of ether oxygens (including phenoxy) is 1. The van der Waals surface area contributed by atoms with Gasteiger partial charge in [-0.1, -0.05) is 0 Å². The lowest BCUT2D eigenvalue weighted by molar-refractivity contribution is 0.415. The Morgan fingerprint density at radius 1 is 1.25 bits per heavy atom. The summed E-state index contributed by atoms with van der Waals surface area (Å²) >= 11 is 0. The standard InChI is InChI=1S/C22H19N7O3/c1-32-15-5-2-12-6-7-28(17(12)9-15)18-10-19(24-14-3-4-14)29-20(26-18)13(11-23-29)8-16-21(30)27-22(31)25-16/h2,5-11,14,30H,3-4H2,1H3,(H2,25,27,31). The molecule has 0 atom stereocenters. The Balaban J connectivity index is 1.63. The Morgan fingerprint density at radius 2 is 2.12 bits per heavy atom. The van der Waals surface area contributed by atoms with Crippen molar-refractivity contribution in [3.8, 4) is 17.4 Å². The summed E-state index contributed by atoms with van der Waals surface area (Å²) in [6, 6.07) is 10.1. The topological polar surface area (TPSA) is 126 Å². The van der Waals surface area contributed by atoms with Gasteiger partial charge in [-0.05, 0) is 37.1 Å². The minimum atomic E-state index is -0.490. The number of aromatic hydroxyl groups is 1. The second kappa shape index (κ2) is 6.84. The lowest BCUT2D eigenvalue weighted by atomic mass is 10.2. The first-order valence-corrected chi connectivity index (χ1v) is 10.2. The van der Waals surface area contributed by atoms with Crippen LogP contribution < -0.4 is 21.1 Å². The van der Waals surface area contributed by atoms with Gasteiger partial charge < -0.3 is 19.4 Å². The smallest absolute Gasteiger partial charge is 0.326 e. The quantitative estimate of drug-likeness (QED) is 0.393. The monoisotopic (exact) mass is 429 g/mol. The van der Waals surface area contributed by atoms with Gasteiger partial charge in [0, 0.05) is 28.9 Å². The van der Waals surface area contributed by atoms with E-state index in [1.54, 1.807) is 23.9 Å². The van der Waals surface area contributed by atoms with Crippen molar-refractivity contribution in [2.24, 2.45) is 4.99 Å². The zero-order valence-electron chi connectivity index (χ0n) is 17.1. The fraction of sp³-hybridized carbons (Fsp3) is 0.182. The third-order valence-corrected chi connectivity index (χ3v) is 5.51. The van der Waals surface area contributed by atoms with Crippen molar-refractivity contribution < 1.29 is 9.84 Å². The van der Waals surface area contributed by atoms with Gasteiger partial charge in [0.2, 0.25) is 5.88 Å². The highest BCUT2D eigenvalue weighted by molar-refractivity contribution is 5.83. The summed E-state index contributed by atoms with van der Waals surface area (Å²) in [7, 11) is 1.64. The number of nitrogens with zero attached hydrogens (tertiary/aromatic N) is 5. The van der Waals surface area contributed by atoms with Crippen molar-refractivity contribution in [2.45, 2.75) is 18.9 Å². The molecule has 10 heteroatoms. The SMILES string of the molecule is COc1ccc2ccn(-c3cc(=NC4CC4)n4ncc(=Cc5[nH]c(=O)[nH]c5O)c4n3)c2c1. The molecule has 0 unspecified atom stereocenters. The Kier molecular flexibility index (Phi) is 3.94. The molecule has 0 spiro atoms. The van der Waals surface area contributed by atoms with Crippen molar-refractivity contribution >= 4 is 22.6 Å². The second-order valence-corrected chi connectivity index (χ2v) is 7.76. The molecule has 1 fully saturated rings. The number of benzene rings is 1. The first-order valence-electron chi connectivity index (χ1n) is 10.2. The Bertz CT molecular complexity index is 1670. The van der Waals surface area contributed by atoms with E-state index in [1.807, 2.05) is 41.1 Å². The third-order valence-electron chi connectivity index (χ3n) is 5.51. The number of hydrogen-bond donors (Lipinski definition) is 3. The zero-order valence-corrected chi connectivity index (χ0v) is 17.1. The summed E-state index contributed by atoms with van der Waals surface area (Å²) in [6.07, 6.45) is 7.34. The number of imidazole rings is 1. The minimum absolute atomic E-state index is 0.239. The molecule has 6 rings (SSSR count). The van der Waals surface area contributed by atoms with Crippen molar-refractivity contribution in [2.75, 3.05) is 7.11 Å². The largest absolute Gasteiger partial charge is 0.497 e. The summed E-state index contributed by atoms with van der Waals surface area (Å²) in [5.41, 5.74) is 1.98. The van der Waals surface area contributed by atoms with Gasteiger partial charge in [-0.3, -0.25) is 9.98 Å². The number of H-pyrrole nitrogens is 2. The Hall–Kier alpha value is -4.34. The lowest BCUT2D eigenvalue weighted by Gasteiger charge is -2.07. The fourth-order valence-corrected chi connectivity index (χ4v) is 3.74. The van der Waals surface area contributed by atoms with E-state index < -0.39 is 5.69 Å². The molecule has 10 nitrogen and oxygen atoms in total. The molecule has 4 aromatic heterocycles. The van der Waals surface area contributed by atoms with Crippen LogP contribution in [0.3, 0.4) is 0 Å². The number of hydrogen-bond acceptors (Lipinski definition) is 6. The van der Waals surface area contributed by atoms with Gasteiger partial charge in [0.05, 0.1) is 24.9 Å². The van der Waals surface area contributed by atoms with Crippen molar-refractivity contribution in [1.29, 1.82) is 0 Å². The van der Waals surface area contributed by atoms with Gasteiger partial charge in [-0.2, -0.15) is 9.61 Å². The minimum Gasteiger partial charge on any atom is -0.497 e. The van der Waals surface area contributed by atoms with E-state index in [0.29, 0.717) is 22.2 Å². The Labute approximate surface area is 180 Å². The first-order chi connectivity index (χ1) is 15.6. The highest BCUT2D eigenvalue weighted by Crippen LogP contribution is 2.25. The van der Waals surface area contributed by atoms with Gasteiger partial charge in [0.1, 0.15) is 17.3 Å². The first kappa shape index (κ1) is 18.4. The summed E-state index contributed by atoms with van der Waals surface area (Å²) in [4.78, 5) is 26.1. The molecule has 1 saturated carbocycles. The number of nitrogens with one attached hydrogen (secondary N) is 2. The maximum absolute atomic E-state index is 11.5. The van der Waals surface area contributed by atoms with Crippen LogP contribution in [0.1, 0.15) is 18.5 Å². The van der Waals surface area contributed by atoms with Crippen LogP contribution in [0.5, 0.6) is 11.6 Å². The number of rotatable bonds is 4. The van der Waals surface area contributed by atoms with Crippen LogP contribution in [0.2, 0.25) is 0 Å². The molecule has 0 bridgehead atoms. The van der Waals surface area contributed by atoms with E-state index >= 15 is 0 Å². The van der Waals surface area contributed by atoms with E-state index in [0.717, 1.165) is 29.5 Å². The van der Waals surface area contributed by atoms with Gasteiger partial charge in [0.15, 0.2) is 11.1 Å². The summed E-state index contributed by atoms with van der Waals surface area (Å²) in [5.74, 6) is 1.20. The number of fused-ring (bicyclic) bond motifs is 2. The van der Waals surface area contributed by atoms with Crippen LogP contribution >= 0.6 is 0 Å². The number of aromatic nitrogens is 6. The normalized spacial score (nSPS) is 15.3. The van der Waals surface area contributed by atoms with Crippen LogP contribution in [0, 0.1) is 0 Å². The molecule has 0 amide bonds. The molecule has 160 valence electrons.